The van der Waals surface area contributed by atoms with Crippen LogP contribution in [0.5, 0.6) is 5.75 Å². The van der Waals surface area contributed by atoms with Crippen LogP contribution in [0.1, 0.15) is 30.1 Å². The second-order valence-corrected chi connectivity index (χ2v) is 7.34. The van der Waals surface area contributed by atoms with Crippen molar-refractivity contribution in [2.45, 2.75) is 19.8 Å². The van der Waals surface area contributed by atoms with Gasteiger partial charge in [0.05, 0.1) is 22.7 Å². The highest BCUT2D eigenvalue weighted by Crippen LogP contribution is 2.38. The van der Waals surface area contributed by atoms with Crippen LogP contribution in [-0.2, 0) is 0 Å². The highest BCUT2D eigenvalue weighted by atomic mass is 35.5. The molecule has 2 aromatic rings. The number of hydrogen-bond acceptors (Lipinski definition) is 5. The number of carbonyl (C=O) groups excluding carboxylic acids is 1. The van der Waals surface area contributed by atoms with Crippen molar-refractivity contribution in [3.8, 4) is 5.75 Å². The van der Waals surface area contributed by atoms with Crippen LogP contribution in [0.15, 0.2) is 36.4 Å². The molecule has 148 valence electrons. The average Bonchev–Trinajstić information content (AvgIpc) is 2.69. The number of amides is 1. The van der Waals surface area contributed by atoms with Crippen molar-refractivity contribution in [1.29, 1.82) is 0 Å². The number of anilines is 2. The van der Waals surface area contributed by atoms with Crippen molar-refractivity contribution >= 4 is 34.6 Å². The Kier molecular flexibility index (Phi) is 6.04. The van der Waals surface area contributed by atoms with Gasteiger partial charge in [-0.3, -0.25) is 14.9 Å². The molecule has 0 atom stereocenters. The second-order valence-electron chi connectivity index (χ2n) is 6.93. The molecular formula is C20H22ClN3O4. The number of piperidine rings is 1. The fraction of sp³-hybridized carbons (Fsp3) is 0.350. The molecule has 2 aromatic carbocycles. The molecule has 1 fully saturated rings. The second kappa shape index (κ2) is 8.48. The van der Waals surface area contributed by atoms with E-state index in [1.165, 1.54) is 13.2 Å². The van der Waals surface area contributed by atoms with Crippen molar-refractivity contribution in [1.82, 2.24) is 0 Å². The average molecular weight is 404 g/mol. The molecule has 3 rings (SSSR count). The van der Waals surface area contributed by atoms with Crippen molar-refractivity contribution in [2.24, 2.45) is 5.92 Å². The van der Waals surface area contributed by atoms with Crippen LogP contribution in [0, 0.1) is 16.0 Å². The number of halogens is 1. The molecule has 28 heavy (non-hydrogen) atoms. The lowest BCUT2D eigenvalue weighted by atomic mass is 9.98. The molecule has 1 heterocycles. The van der Waals surface area contributed by atoms with Gasteiger partial charge >= 0.3 is 0 Å². The first-order valence-electron chi connectivity index (χ1n) is 9.07. The molecule has 0 bridgehead atoms. The Morgan fingerprint density at radius 2 is 2.00 bits per heavy atom. The molecule has 1 aliphatic heterocycles. The molecule has 0 aromatic heterocycles. The molecule has 1 amide bonds. The maximum Gasteiger partial charge on any atom is 0.294 e. The summed E-state index contributed by atoms with van der Waals surface area (Å²) in [6.45, 7) is 3.63. The maximum absolute atomic E-state index is 12.6. The smallest absolute Gasteiger partial charge is 0.294 e. The third kappa shape index (κ3) is 4.36. The summed E-state index contributed by atoms with van der Waals surface area (Å²) in [5.74, 6) is 0.785. The first-order chi connectivity index (χ1) is 13.4. The van der Waals surface area contributed by atoms with E-state index in [1.807, 2.05) is 4.90 Å². The number of nitro groups is 1. The minimum absolute atomic E-state index is 0.0565. The van der Waals surface area contributed by atoms with Crippen LogP contribution in [0.4, 0.5) is 17.1 Å². The Morgan fingerprint density at radius 3 is 2.64 bits per heavy atom. The summed E-state index contributed by atoms with van der Waals surface area (Å²) in [7, 11) is 1.52. The summed E-state index contributed by atoms with van der Waals surface area (Å²) < 4.78 is 5.14. The number of methoxy groups -OCH3 is 1. The fourth-order valence-corrected chi connectivity index (χ4v) is 3.46. The van der Waals surface area contributed by atoms with Crippen LogP contribution in [-0.4, -0.2) is 31.0 Å². The zero-order valence-electron chi connectivity index (χ0n) is 15.8. The zero-order valence-corrected chi connectivity index (χ0v) is 16.5. The summed E-state index contributed by atoms with van der Waals surface area (Å²) in [5.41, 5.74) is 1.16. The van der Waals surface area contributed by atoms with Crippen molar-refractivity contribution in [3.63, 3.8) is 0 Å². The van der Waals surface area contributed by atoms with Gasteiger partial charge in [0.1, 0.15) is 11.4 Å². The summed E-state index contributed by atoms with van der Waals surface area (Å²) in [4.78, 5) is 25.7. The zero-order chi connectivity index (χ0) is 20.3. The molecular weight excluding hydrogens is 382 g/mol. The van der Waals surface area contributed by atoms with Gasteiger partial charge in [-0.05, 0) is 43.0 Å². The molecule has 0 radical (unpaired) electrons. The molecule has 8 heteroatoms. The van der Waals surface area contributed by atoms with Gasteiger partial charge in [-0.15, -0.1) is 0 Å². The van der Waals surface area contributed by atoms with Gasteiger partial charge in [0.25, 0.3) is 11.6 Å². The fourth-order valence-electron chi connectivity index (χ4n) is 3.25. The van der Waals surface area contributed by atoms with E-state index in [2.05, 4.69) is 12.2 Å². The van der Waals surface area contributed by atoms with Crippen molar-refractivity contribution in [3.05, 3.63) is 57.1 Å². The Bertz CT molecular complexity index is 895. The number of nitrogens with one attached hydrogen (secondary N) is 1. The normalized spacial score (nSPS) is 14.6. The van der Waals surface area contributed by atoms with E-state index in [4.69, 9.17) is 16.3 Å². The predicted octanol–water partition coefficient (Wildman–Crippen LogP) is 4.75. The van der Waals surface area contributed by atoms with Gasteiger partial charge in [-0.25, -0.2) is 0 Å². The van der Waals surface area contributed by atoms with Gasteiger partial charge in [0.2, 0.25) is 0 Å². The van der Waals surface area contributed by atoms with E-state index < -0.39 is 4.92 Å². The summed E-state index contributed by atoms with van der Waals surface area (Å²) >= 11 is 6.24. The number of ether oxygens (including phenoxy) is 1. The number of nitrogens with zero attached hydrogens (tertiary/aromatic N) is 2. The third-order valence-corrected chi connectivity index (χ3v) is 5.28. The topological polar surface area (TPSA) is 84.7 Å². The van der Waals surface area contributed by atoms with Crippen LogP contribution < -0.4 is 15.0 Å². The molecule has 1 aliphatic rings. The Morgan fingerprint density at radius 1 is 1.29 bits per heavy atom. The van der Waals surface area contributed by atoms with E-state index >= 15 is 0 Å². The standard InChI is InChI=1S/C20H22ClN3O4/c1-13-6-8-23(9-7-13)18-12-17(16(21)11-19(18)24(26)27)22-20(25)14-4-3-5-15(10-14)28-2/h3-5,10-13H,6-9H2,1-2H3,(H,22,25). The number of nitro benzene ring substituents is 1. The summed E-state index contributed by atoms with van der Waals surface area (Å²) in [6.07, 6.45) is 1.93. The van der Waals surface area contributed by atoms with Crippen LogP contribution >= 0.6 is 11.6 Å². The Hall–Kier alpha value is -2.80. The van der Waals surface area contributed by atoms with Crippen LogP contribution in [0.3, 0.4) is 0 Å². The summed E-state index contributed by atoms with van der Waals surface area (Å²) in [5, 5.41) is 14.4. The number of carbonyl (C=O) groups is 1. The Balaban J connectivity index is 1.91. The van der Waals surface area contributed by atoms with Gasteiger partial charge in [0, 0.05) is 24.7 Å². The van der Waals surface area contributed by atoms with E-state index in [0.717, 1.165) is 25.9 Å². The third-order valence-electron chi connectivity index (χ3n) is 4.97. The van der Waals surface area contributed by atoms with E-state index in [-0.39, 0.29) is 16.6 Å². The van der Waals surface area contributed by atoms with E-state index in [0.29, 0.717) is 28.6 Å². The highest BCUT2D eigenvalue weighted by molar-refractivity contribution is 6.34. The van der Waals surface area contributed by atoms with Crippen LogP contribution in [0.25, 0.3) is 0 Å². The number of benzene rings is 2. The van der Waals surface area contributed by atoms with Gasteiger partial charge in [0.15, 0.2) is 0 Å². The van der Waals surface area contributed by atoms with Crippen LogP contribution in [0.2, 0.25) is 5.02 Å². The van der Waals surface area contributed by atoms with E-state index in [1.54, 1.807) is 30.3 Å². The Labute approximate surface area is 168 Å². The molecule has 1 N–H and O–H groups in total. The van der Waals surface area contributed by atoms with E-state index in [9.17, 15) is 14.9 Å². The first kappa shape index (κ1) is 19.9. The minimum Gasteiger partial charge on any atom is -0.497 e. The van der Waals surface area contributed by atoms with Gasteiger partial charge < -0.3 is 15.0 Å². The quantitative estimate of drug-likeness (QED) is 0.575. The molecule has 0 aliphatic carbocycles. The molecule has 0 spiro atoms. The largest absolute Gasteiger partial charge is 0.497 e. The lowest BCUT2D eigenvalue weighted by Crippen LogP contribution is -2.33. The van der Waals surface area contributed by atoms with Gasteiger partial charge in [-0.2, -0.15) is 0 Å². The molecule has 0 saturated carbocycles. The SMILES string of the molecule is COc1cccc(C(=O)Nc2cc(N3CCC(C)CC3)c([N+](=O)[O-])cc2Cl)c1. The summed E-state index contributed by atoms with van der Waals surface area (Å²) in [6, 6.07) is 9.62. The lowest BCUT2D eigenvalue weighted by molar-refractivity contribution is -0.384. The highest BCUT2D eigenvalue weighted by Gasteiger charge is 2.26. The minimum atomic E-state index is -0.438. The first-order valence-corrected chi connectivity index (χ1v) is 9.45. The maximum atomic E-state index is 12.6. The lowest BCUT2D eigenvalue weighted by Gasteiger charge is -2.32. The number of rotatable bonds is 5. The molecule has 7 nitrogen and oxygen atoms in total. The van der Waals surface area contributed by atoms with Gasteiger partial charge in [-0.1, -0.05) is 24.6 Å². The van der Waals surface area contributed by atoms with Crippen molar-refractivity contribution < 1.29 is 14.5 Å². The molecule has 1 saturated heterocycles. The molecule has 0 unspecified atom stereocenters. The number of hydrogen-bond donors (Lipinski definition) is 1. The van der Waals surface area contributed by atoms with Crippen molar-refractivity contribution in [2.75, 3.05) is 30.4 Å². The predicted molar refractivity (Wildman–Crippen MR) is 110 cm³/mol. The monoisotopic (exact) mass is 403 g/mol.